The van der Waals surface area contributed by atoms with Crippen molar-refractivity contribution in [1.29, 1.82) is 0 Å². The molecular formula is C40H54O27. The molecule has 14 atom stereocenters. The van der Waals surface area contributed by atoms with Gasteiger partial charge in [0.1, 0.15) is 38.1 Å². The van der Waals surface area contributed by atoms with Gasteiger partial charge in [0.2, 0.25) is 12.1 Å². The second-order valence-corrected chi connectivity index (χ2v) is 14.9. The summed E-state index contributed by atoms with van der Waals surface area (Å²) in [6.45, 7) is 7.51. The van der Waals surface area contributed by atoms with E-state index in [9.17, 15) is 52.7 Å². The molecule has 0 bridgehead atoms. The van der Waals surface area contributed by atoms with Gasteiger partial charge in [0.25, 0.3) is 0 Å². The van der Waals surface area contributed by atoms with Crippen LogP contribution in [0.25, 0.3) is 0 Å². The van der Waals surface area contributed by atoms with Crippen molar-refractivity contribution in [2.45, 2.75) is 162 Å². The first kappa shape index (κ1) is 55.3. The zero-order chi connectivity index (χ0) is 50.5. The molecule has 0 aliphatic carbocycles. The van der Waals surface area contributed by atoms with Crippen LogP contribution < -0.4 is 0 Å². The average molecular weight is 967 g/mol. The number of carbonyl (C=O) groups excluding carboxylic acids is 11. The predicted octanol–water partition coefficient (Wildman–Crippen LogP) is -1.29. The van der Waals surface area contributed by atoms with Crippen molar-refractivity contribution in [3.05, 3.63) is 0 Å². The van der Waals surface area contributed by atoms with Gasteiger partial charge in [-0.1, -0.05) is 0 Å². The highest BCUT2D eigenvalue weighted by atomic mass is 16.8. The molecule has 0 aromatic carbocycles. The molecule has 0 N–H and O–H groups in total. The molecule has 3 saturated heterocycles. The molecule has 67 heavy (non-hydrogen) atoms. The molecule has 0 spiro atoms. The normalized spacial score (nSPS) is 31.1. The Morgan fingerprint density at radius 3 is 1.12 bits per heavy atom. The number of esters is 11. The summed E-state index contributed by atoms with van der Waals surface area (Å²) >= 11 is 0. The van der Waals surface area contributed by atoms with Crippen molar-refractivity contribution < 1.29 is 129 Å². The molecule has 3 aliphatic heterocycles. The maximum absolute atomic E-state index is 12.8. The number of rotatable bonds is 19. The molecule has 3 fully saturated rings. The van der Waals surface area contributed by atoms with Crippen molar-refractivity contribution in [2.24, 2.45) is 0 Å². The monoisotopic (exact) mass is 966 g/mol. The van der Waals surface area contributed by atoms with Crippen molar-refractivity contribution in [3.8, 4) is 0 Å². The molecule has 376 valence electrons. The summed E-state index contributed by atoms with van der Waals surface area (Å²) in [5, 5.41) is 0. The fourth-order valence-corrected chi connectivity index (χ4v) is 7.07. The van der Waals surface area contributed by atoms with Gasteiger partial charge >= 0.3 is 65.7 Å². The fourth-order valence-electron chi connectivity index (χ4n) is 7.07. The number of hydrogen-bond donors (Lipinski definition) is 0. The highest BCUT2D eigenvalue weighted by molar-refractivity contribution is 5.71. The first-order valence-electron chi connectivity index (χ1n) is 20.3. The van der Waals surface area contributed by atoms with E-state index in [1.807, 2.05) is 0 Å². The van der Waals surface area contributed by atoms with E-state index >= 15 is 0 Å². The Kier molecular flexibility index (Phi) is 20.3. The van der Waals surface area contributed by atoms with Gasteiger partial charge in [-0.05, 0) is 0 Å². The van der Waals surface area contributed by atoms with Crippen molar-refractivity contribution in [2.75, 3.05) is 26.4 Å². The largest absolute Gasteiger partial charge is 0.463 e. The lowest BCUT2D eigenvalue weighted by Gasteiger charge is -2.47. The van der Waals surface area contributed by atoms with Gasteiger partial charge in [0.05, 0.1) is 6.61 Å². The van der Waals surface area contributed by atoms with Crippen molar-refractivity contribution in [1.82, 2.24) is 0 Å². The third-order valence-electron chi connectivity index (χ3n) is 9.16. The Balaban J connectivity index is 2.28. The maximum Gasteiger partial charge on any atom is 0.303 e. The van der Waals surface area contributed by atoms with Crippen molar-refractivity contribution in [3.63, 3.8) is 0 Å². The molecule has 0 aromatic heterocycles. The lowest BCUT2D eigenvalue weighted by atomic mass is 9.97. The number of carbonyl (C=O) groups is 11. The highest BCUT2D eigenvalue weighted by Crippen LogP contribution is 2.42. The van der Waals surface area contributed by atoms with Crippen LogP contribution in [-0.4, -0.2) is 178 Å². The quantitative estimate of drug-likeness (QED) is 0.107. The van der Waals surface area contributed by atoms with Crippen LogP contribution in [0.5, 0.6) is 0 Å². The second-order valence-electron chi connectivity index (χ2n) is 14.9. The Morgan fingerprint density at radius 1 is 0.358 bits per heavy atom. The van der Waals surface area contributed by atoms with Crippen LogP contribution in [0.2, 0.25) is 0 Å². The van der Waals surface area contributed by atoms with E-state index in [4.69, 9.17) is 75.8 Å². The van der Waals surface area contributed by atoms with Crippen LogP contribution in [0.3, 0.4) is 0 Å². The lowest BCUT2D eigenvalue weighted by Crippen LogP contribution is -2.66. The topological polar surface area (TPSA) is 335 Å². The Bertz CT molecular complexity index is 1860. The van der Waals surface area contributed by atoms with E-state index in [0.717, 1.165) is 76.2 Å². The standard InChI is InChI=1S/C40H54O27/c1-16(41)52-12-27-30(56-19(4)44)33(59-22(7)47)35(61-24(9)49)38(64-27)54-13-28-31(57-20(5)45)34(60-23(8)48)36(62-25(10)50)39(65-28)67-40(15-55-18(3)43)37(63-26(11)51)32(58-21(6)46)29(66-40)14-53-17(2)42/h27-39H,12-15H2,1-11H3/t27-,28-,29-,30+,31-,32-,33+,34+,35-,36-,37+,38+,39+,40+/m1/s1. The zero-order valence-corrected chi connectivity index (χ0v) is 38.4. The molecular weight excluding hydrogens is 912 g/mol. The van der Waals surface area contributed by atoms with Crippen LogP contribution >= 0.6 is 0 Å². The molecule has 0 aromatic rings. The van der Waals surface area contributed by atoms with Gasteiger partial charge < -0.3 is 75.8 Å². The first-order chi connectivity index (χ1) is 31.2. The number of hydrogen-bond acceptors (Lipinski definition) is 27. The molecule has 0 unspecified atom stereocenters. The summed E-state index contributed by atoms with van der Waals surface area (Å²) < 4.78 is 90.3. The number of ether oxygens (including phenoxy) is 16. The molecule has 0 amide bonds. The van der Waals surface area contributed by atoms with Gasteiger partial charge in [-0.25, -0.2) is 0 Å². The van der Waals surface area contributed by atoms with E-state index in [1.54, 1.807) is 0 Å². The summed E-state index contributed by atoms with van der Waals surface area (Å²) in [7, 11) is 0. The SMILES string of the molecule is CC(=O)OC[C@H]1O[C@H](OC[C@H]2O[C@@H](O[C@]3(COC(C)=O)O[C@H](COC(C)=O)[C@@H](OC(C)=O)[C@@H]3OC(C)=O)[C@H](OC(C)=O)[C@@H](OC(C)=O)[C@@H]2OC(C)=O)[C@H](OC(C)=O)[C@@H](OC(C)=O)[C@H]1OC(C)=O. The summed E-state index contributed by atoms with van der Waals surface area (Å²) in [6.07, 6.45) is -23.3. The molecule has 27 heteroatoms. The van der Waals surface area contributed by atoms with E-state index in [2.05, 4.69) is 0 Å². The third kappa shape index (κ3) is 16.4. The average Bonchev–Trinajstić information content (AvgIpc) is 3.44. The fraction of sp³-hybridized carbons (Fsp3) is 0.725. The minimum absolute atomic E-state index is 0.650. The van der Waals surface area contributed by atoms with E-state index < -0.39 is 178 Å². The Labute approximate surface area is 382 Å². The minimum Gasteiger partial charge on any atom is -0.463 e. The van der Waals surface area contributed by atoms with Crippen LogP contribution in [-0.2, 0) is 129 Å². The van der Waals surface area contributed by atoms with Crippen LogP contribution in [0.15, 0.2) is 0 Å². The van der Waals surface area contributed by atoms with Crippen LogP contribution in [0.4, 0.5) is 0 Å². The van der Waals surface area contributed by atoms with E-state index in [1.165, 1.54) is 0 Å². The second kappa shape index (κ2) is 24.7. The zero-order valence-electron chi connectivity index (χ0n) is 38.4. The molecule has 3 heterocycles. The summed E-state index contributed by atoms with van der Waals surface area (Å²) in [5.74, 6) is -13.3. The lowest BCUT2D eigenvalue weighted by molar-refractivity contribution is -0.388. The van der Waals surface area contributed by atoms with Gasteiger partial charge in [-0.15, -0.1) is 0 Å². The highest BCUT2D eigenvalue weighted by Gasteiger charge is 2.65. The Morgan fingerprint density at radius 2 is 0.701 bits per heavy atom. The van der Waals surface area contributed by atoms with Gasteiger partial charge in [0.15, 0.2) is 55.1 Å². The molecule has 0 saturated carbocycles. The van der Waals surface area contributed by atoms with Gasteiger partial charge in [-0.3, -0.25) is 52.7 Å². The Hall–Kier alpha value is -6.03. The van der Waals surface area contributed by atoms with E-state index in [-0.39, 0.29) is 0 Å². The molecule has 27 nitrogen and oxygen atoms in total. The molecule has 3 rings (SSSR count). The maximum atomic E-state index is 12.8. The van der Waals surface area contributed by atoms with Crippen molar-refractivity contribution >= 4 is 65.7 Å². The molecule has 0 radical (unpaired) electrons. The smallest absolute Gasteiger partial charge is 0.303 e. The van der Waals surface area contributed by atoms with Gasteiger partial charge in [0, 0.05) is 76.2 Å². The minimum atomic E-state index is -2.66. The predicted molar refractivity (Wildman–Crippen MR) is 206 cm³/mol. The molecule has 3 aliphatic rings. The van der Waals surface area contributed by atoms with Crippen LogP contribution in [0.1, 0.15) is 76.2 Å². The van der Waals surface area contributed by atoms with Crippen LogP contribution in [0, 0.1) is 0 Å². The summed E-state index contributed by atoms with van der Waals surface area (Å²) in [4.78, 5) is 137. The third-order valence-corrected chi connectivity index (χ3v) is 9.16. The van der Waals surface area contributed by atoms with Gasteiger partial charge in [-0.2, -0.15) is 0 Å². The summed E-state index contributed by atoms with van der Waals surface area (Å²) in [6, 6.07) is 0. The first-order valence-corrected chi connectivity index (χ1v) is 20.3. The summed E-state index contributed by atoms with van der Waals surface area (Å²) in [5.41, 5.74) is 0. The van der Waals surface area contributed by atoms with E-state index in [0.29, 0.717) is 0 Å².